The molecule has 0 radical (unpaired) electrons. The van der Waals surface area contributed by atoms with Gasteiger partial charge in [-0.1, -0.05) is 64.2 Å². The topological polar surface area (TPSA) is 63.3 Å². The van der Waals surface area contributed by atoms with Crippen LogP contribution in [0.1, 0.15) is 83.5 Å². The molecule has 3 saturated carbocycles. The molecular weight excluding hydrogens is 250 g/mol. The number of rotatable bonds is 2. The third-order valence-electron chi connectivity index (χ3n) is 5.60. The zero-order valence-corrected chi connectivity index (χ0v) is 12.8. The van der Waals surface area contributed by atoms with E-state index in [1.165, 1.54) is 57.8 Å². The average Bonchev–Trinajstić information content (AvgIpc) is 2.39. The Labute approximate surface area is 123 Å². The summed E-state index contributed by atoms with van der Waals surface area (Å²) in [5.41, 5.74) is 5.92. The predicted molar refractivity (Wildman–Crippen MR) is 81.6 cm³/mol. The normalized spacial score (nSPS) is 34.5. The van der Waals surface area contributed by atoms with Gasteiger partial charge in [-0.25, -0.2) is 0 Å². The van der Waals surface area contributed by atoms with Gasteiger partial charge in [0.25, 0.3) is 0 Å². The largest absolute Gasteiger partial charge is 0.480 e. The molecule has 3 rings (SSSR count). The number of fused-ring (bicyclic) bond motifs is 10. The van der Waals surface area contributed by atoms with E-state index in [4.69, 9.17) is 5.73 Å². The molecular formula is C17H31NO2. The van der Waals surface area contributed by atoms with Crippen LogP contribution in [0.3, 0.4) is 0 Å². The Balaban J connectivity index is 1.90. The standard InChI is InChI=1S/C17H31NO2/c18-15(16(19)20)17-11-9-7-5-3-1-2-4-6-8-10-14(12-17)13-17/h14-15H,1-13,18H2,(H,19,20). The molecule has 116 valence electrons. The highest BCUT2D eigenvalue weighted by Gasteiger charge is 2.49. The van der Waals surface area contributed by atoms with Crippen molar-refractivity contribution in [1.82, 2.24) is 0 Å². The van der Waals surface area contributed by atoms with Gasteiger partial charge in [0.05, 0.1) is 0 Å². The molecule has 3 N–H and O–H groups in total. The van der Waals surface area contributed by atoms with Crippen molar-refractivity contribution in [2.24, 2.45) is 17.1 Å². The Hall–Kier alpha value is -0.570. The molecule has 3 nitrogen and oxygen atoms in total. The Morgan fingerprint density at radius 2 is 1.45 bits per heavy atom. The van der Waals surface area contributed by atoms with Gasteiger partial charge in [0.1, 0.15) is 6.04 Å². The molecule has 0 aromatic heterocycles. The summed E-state index contributed by atoms with van der Waals surface area (Å²) in [5, 5.41) is 9.27. The Morgan fingerprint density at radius 3 is 2.00 bits per heavy atom. The number of carboxylic acid groups (broad SMARTS) is 1. The van der Waals surface area contributed by atoms with Crippen molar-refractivity contribution in [3.63, 3.8) is 0 Å². The van der Waals surface area contributed by atoms with Crippen LogP contribution in [-0.2, 0) is 4.79 Å². The van der Waals surface area contributed by atoms with Gasteiger partial charge in [0.15, 0.2) is 0 Å². The second kappa shape index (κ2) is 7.44. The minimum atomic E-state index is -0.801. The average molecular weight is 281 g/mol. The van der Waals surface area contributed by atoms with E-state index in [0.29, 0.717) is 0 Å². The van der Waals surface area contributed by atoms with E-state index < -0.39 is 12.0 Å². The van der Waals surface area contributed by atoms with Gasteiger partial charge < -0.3 is 10.8 Å². The van der Waals surface area contributed by atoms with Crippen molar-refractivity contribution in [3.8, 4) is 0 Å². The lowest BCUT2D eigenvalue weighted by atomic mass is 9.55. The third-order valence-corrected chi connectivity index (χ3v) is 5.60. The van der Waals surface area contributed by atoms with Gasteiger partial charge in [-0.05, 0) is 30.6 Å². The van der Waals surface area contributed by atoms with Gasteiger partial charge >= 0.3 is 5.97 Å². The van der Waals surface area contributed by atoms with E-state index in [9.17, 15) is 9.90 Å². The number of carboxylic acids is 1. The molecule has 3 fully saturated rings. The molecule has 0 spiro atoms. The first-order valence-corrected chi connectivity index (χ1v) is 8.62. The van der Waals surface area contributed by atoms with Crippen LogP contribution < -0.4 is 5.73 Å². The number of carbonyl (C=O) groups is 1. The smallest absolute Gasteiger partial charge is 0.321 e. The Morgan fingerprint density at radius 1 is 0.950 bits per heavy atom. The molecule has 0 aromatic carbocycles. The van der Waals surface area contributed by atoms with E-state index in [2.05, 4.69) is 0 Å². The van der Waals surface area contributed by atoms with Crippen molar-refractivity contribution < 1.29 is 9.90 Å². The van der Waals surface area contributed by atoms with Crippen LogP contribution in [-0.4, -0.2) is 17.1 Å². The van der Waals surface area contributed by atoms with E-state index >= 15 is 0 Å². The molecule has 0 heterocycles. The predicted octanol–water partition coefficient (Wildman–Crippen LogP) is 4.10. The van der Waals surface area contributed by atoms with Gasteiger partial charge in [-0.2, -0.15) is 0 Å². The summed E-state index contributed by atoms with van der Waals surface area (Å²) in [5.74, 6) is -0.0621. The van der Waals surface area contributed by atoms with Crippen LogP contribution in [0.5, 0.6) is 0 Å². The summed E-state index contributed by atoms with van der Waals surface area (Å²) in [4.78, 5) is 11.3. The van der Waals surface area contributed by atoms with E-state index in [0.717, 1.165) is 31.6 Å². The van der Waals surface area contributed by atoms with Gasteiger partial charge in [0, 0.05) is 0 Å². The van der Waals surface area contributed by atoms with Crippen molar-refractivity contribution in [2.75, 3.05) is 0 Å². The molecule has 3 aliphatic rings. The minimum Gasteiger partial charge on any atom is -0.480 e. The lowest BCUT2D eigenvalue weighted by molar-refractivity contribution is -0.146. The van der Waals surface area contributed by atoms with Gasteiger partial charge in [0.2, 0.25) is 0 Å². The highest BCUT2D eigenvalue weighted by molar-refractivity contribution is 5.74. The minimum absolute atomic E-state index is 0.0827. The molecule has 2 bridgehead atoms. The van der Waals surface area contributed by atoms with Crippen molar-refractivity contribution in [1.29, 1.82) is 0 Å². The van der Waals surface area contributed by atoms with Crippen LogP contribution in [0.25, 0.3) is 0 Å². The molecule has 3 aliphatic carbocycles. The van der Waals surface area contributed by atoms with Crippen molar-refractivity contribution in [2.45, 2.75) is 89.5 Å². The second-order valence-corrected chi connectivity index (χ2v) is 7.17. The summed E-state index contributed by atoms with van der Waals surface area (Å²) in [6.45, 7) is 0. The van der Waals surface area contributed by atoms with Crippen LogP contribution in [0.2, 0.25) is 0 Å². The summed E-state index contributed by atoms with van der Waals surface area (Å²) in [6, 6.07) is -0.647. The van der Waals surface area contributed by atoms with Gasteiger partial charge in [-0.3, -0.25) is 4.79 Å². The Bertz CT molecular complexity index is 305. The first-order valence-electron chi connectivity index (χ1n) is 8.62. The molecule has 3 heteroatoms. The highest BCUT2D eigenvalue weighted by Crippen LogP contribution is 2.53. The summed E-state index contributed by atoms with van der Waals surface area (Å²) >= 11 is 0. The monoisotopic (exact) mass is 281 g/mol. The van der Waals surface area contributed by atoms with Crippen molar-refractivity contribution in [3.05, 3.63) is 0 Å². The molecule has 0 saturated heterocycles. The van der Waals surface area contributed by atoms with Crippen LogP contribution in [0, 0.1) is 11.3 Å². The summed E-state index contributed by atoms with van der Waals surface area (Å²) in [6.07, 6.45) is 16.3. The molecule has 1 atom stereocenters. The summed E-state index contributed by atoms with van der Waals surface area (Å²) in [7, 11) is 0. The number of aliphatic carboxylic acids is 1. The maximum absolute atomic E-state index is 11.3. The van der Waals surface area contributed by atoms with E-state index in [1.807, 2.05) is 0 Å². The highest BCUT2D eigenvalue weighted by atomic mass is 16.4. The molecule has 1 unspecified atom stereocenters. The number of hydrogen-bond donors (Lipinski definition) is 2. The van der Waals surface area contributed by atoms with Crippen LogP contribution in [0.4, 0.5) is 0 Å². The number of nitrogens with two attached hydrogens (primary N) is 1. The molecule has 0 aromatic rings. The Kier molecular flexibility index (Phi) is 5.88. The quantitative estimate of drug-likeness (QED) is 0.801. The first kappa shape index (κ1) is 15.8. The lowest BCUT2D eigenvalue weighted by Gasteiger charge is -2.50. The van der Waals surface area contributed by atoms with Crippen LogP contribution in [0.15, 0.2) is 0 Å². The molecule has 0 amide bonds. The maximum Gasteiger partial charge on any atom is 0.321 e. The second-order valence-electron chi connectivity index (χ2n) is 7.17. The molecule has 0 aliphatic heterocycles. The zero-order valence-electron chi connectivity index (χ0n) is 12.8. The van der Waals surface area contributed by atoms with E-state index in [-0.39, 0.29) is 5.41 Å². The zero-order chi connectivity index (χ0) is 14.4. The van der Waals surface area contributed by atoms with Gasteiger partial charge in [-0.15, -0.1) is 0 Å². The summed E-state index contributed by atoms with van der Waals surface area (Å²) < 4.78 is 0. The fourth-order valence-electron chi connectivity index (χ4n) is 4.32. The van der Waals surface area contributed by atoms with Crippen LogP contribution >= 0.6 is 0 Å². The first-order chi connectivity index (χ1) is 9.64. The fourth-order valence-corrected chi connectivity index (χ4v) is 4.32. The maximum atomic E-state index is 11.3. The number of hydrogen-bond acceptors (Lipinski definition) is 2. The lowest BCUT2D eigenvalue weighted by Crippen LogP contribution is -2.54. The fraction of sp³-hybridized carbons (Fsp3) is 0.941. The SMILES string of the molecule is NC(C(=O)O)C12CCCCCCCCCCCC(C1)C2. The van der Waals surface area contributed by atoms with Crippen molar-refractivity contribution >= 4 is 5.97 Å². The molecule has 20 heavy (non-hydrogen) atoms. The third kappa shape index (κ3) is 3.97. The van der Waals surface area contributed by atoms with E-state index in [1.54, 1.807) is 0 Å².